The van der Waals surface area contributed by atoms with Gasteiger partial charge in [-0.2, -0.15) is 0 Å². The second kappa shape index (κ2) is 10.4. The van der Waals surface area contributed by atoms with Crippen molar-refractivity contribution in [2.75, 3.05) is 4.90 Å². The average Bonchev–Trinajstić information content (AvgIpc) is 3.81. The van der Waals surface area contributed by atoms with Gasteiger partial charge in [0.2, 0.25) is 0 Å². The lowest BCUT2D eigenvalue weighted by atomic mass is 9.50. The van der Waals surface area contributed by atoms with Gasteiger partial charge in [0.25, 0.3) is 0 Å². The number of fused-ring (bicyclic) bond motifs is 13. The van der Waals surface area contributed by atoms with Gasteiger partial charge in [-0.15, -0.1) is 0 Å². The van der Waals surface area contributed by atoms with Crippen molar-refractivity contribution in [2.45, 2.75) is 82.0 Å². The molecule has 1 heteroatoms. The molecule has 5 aromatic rings. The minimum absolute atomic E-state index is 0.153. The highest BCUT2D eigenvalue weighted by molar-refractivity contribution is 5.90. The van der Waals surface area contributed by atoms with Crippen LogP contribution in [0.25, 0.3) is 22.3 Å². The number of hydrogen-bond donors (Lipinski definition) is 0. The summed E-state index contributed by atoms with van der Waals surface area (Å²) in [5.74, 6) is 2.38. The molecule has 5 aromatic carbocycles. The van der Waals surface area contributed by atoms with E-state index in [1.807, 2.05) is 0 Å². The summed E-state index contributed by atoms with van der Waals surface area (Å²) < 4.78 is 0. The Bertz CT molecular complexity index is 1990. The molecule has 4 unspecified atom stereocenters. The number of rotatable bonds is 4. The lowest BCUT2D eigenvalue weighted by Gasteiger charge is -2.54. The topological polar surface area (TPSA) is 3.24 Å². The quantitative estimate of drug-likeness (QED) is 0.195. The Morgan fingerprint density at radius 3 is 1.89 bits per heavy atom. The normalized spacial score (nSPS) is 25.8. The minimum atomic E-state index is 0.153. The zero-order chi connectivity index (χ0) is 31.2. The number of hydrogen-bond acceptors (Lipinski definition) is 1. The second-order valence-electron chi connectivity index (χ2n) is 15.5. The van der Waals surface area contributed by atoms with Gasteiger partial charge in [0.15, 0.2) is 0 Å². The summed E-state index contributed by atoms with van der Waals surface area (Å²) in [7, 11) is 0. The average molecular weight is 612 g/mol. The van der Waals surface area contributed by atoms with Crippen molar-refractivity contribution in [1.29, 1.82) is 0 Å². The molecule has 10 rings (SSSR count). The molecule has 47 heavy (non-hydrogen) atoms. The van der Waals surface area contributed by atoms with Crippen molar-refractivity contribution >= 4 is 17.1 Å². The molecule has 0 aromatic heterocycles. The summed E-state index contributed by atoms with van der Waals surface area (Å²) in [6, 6.07) is 44.8. The largest absolute Gasteiger partial charge is 0.310 e. The molecule has 5 aliphatic rings. The third kappa shape index (κ3) is 3.78. The lowest BCUT2D eigenvalue weighted by molar-refractivity contribution is 0.0557. The van der Waals surface area contributed by atoms with E-state index in [-0.39, 0.29) is 10.8 Å². The van der Waals surface area contributed by atoms with Gasteiger partial charge in [-0.1, -0.05) is 118 Å². The number of nitrogens with zero attached hydrogens (tertiary/aromatic N) is 1. The monoisotopic (exact) mass is 611 g/mol. The van der Waals surface area contributed by atoms with Gasteiger partial charge >= 0.3 is 0 Å². The van der Waals surface area contributed by atoms with E-state index in [1.54, 1.807) is 22.3 Å². The zero-order valence-electron chi connectivity index (χ0n) is 27.7. The molecule has 3 saturated carbocycles. The molecule has 5 aliphatic carbocycles. The first-order chi connectivity index (χ1) is 23.2. The van der Waals surface area contributed by atoms with Crippen LogP contribution in [0.15, 0.2) is 115 Å². The van der Waals surface area contributed by atoms with Crippen molar-refractivity contribution in [1.82, 2.24) is 0 Å². The van der Waals surface area contributed by atoms with Crippen molar-refractivity contribution in [3.63, 3.8) is 0 Å². The van der Waals surface area contributed by atoms with Crippen LogP contribution in [0.5, 0.6) is 0 Å². The highest BCUT2D eigenvalue weighted by atomic mass is 15.1. The summed E-state index contributed by atoms with van der Waals surface area (Å²) in [5, 5.41) is 0. The maximum atomic E-state index is 2.56. The molecule has 0 amide bonds. The van der Waals surface area contributed by atoms with Crippen LogP contribution in [0, 0.1) is 17.8 Å². The summed E-state index contributed by atoms with van der Waals surface area (Å²) in [4.78, 5) is 2.52. The molecule has 4 atom stereocenters. The summed E-state index contributed by atoms with van der Waals surface area (Å²) in [6.45, 7) is 2.46. The first kappa shape index (κ1) is 28.0. The van der Waals surface area contributed by atoms with E-state index in [0.29, 0.717) is 5.92 Å². The Hall–Kier alpha value is -4.10. The molecule has 0 heterocycles. The van der Waals surface area contributed by atoms with Gasteiger partial charge in [-0.3, -0.25) is 0 Å². The van der Waals surface area contributed by atoms with Crippen LogP contribution < -0.4 is 4.90 Å². The van der Waals surface area contributed by atoms with Crippen LogP contribution in [-0.4, -0.2) is 0 Å². The highest BCUT2D eigenvalue weighted by Gasteiger charge is 2.56. The molecule has 234 valence electrons. The predicted octanol–water partition coefficient (Wildman–Crippen LogP) is 12.5. The Balaban J connectivity index is 1.16. The van der Waals surface area contributed by atoms with E-state index >= 15 is 0 Å². The van der Waals surface area contributed by atoms with E-state index in [9.17, 15) is 0 Å². The van der Waals surface area contributed by atoms with E-state index in [0.717, 1.165) is 11.8 Å². The molecule has 3 fully saturated rings. The second-order valence-corrected chi connectivity index (χ2v) is 15.5. The van der Waals surface area contributed by atoms with E-state index < -0.39 is 0 Å². The fourth-order valence-corrected chi connectivity index (χ4v) is 11.8. The van der Waals surface area contributed by atoms with Gasteiger partial charge in [0.05, 0.1) is 0 Å². The molecule has 2 spiro atoms. The van der Waals surface area contributed by atoms with E-state index in [2.05, 4.69) is 127 Å². The third-order valence-electron chi connectivity index (χ3n) is 13.5. The number of benzene rings is 5. The SMILES string of the molecule is CCC1CC2CCCC(C2)C12c1ccccc1-c1cc(N(c3ccccc3)c3ccc4c(c3)-c3ccccc3C43CCCC3)ccc12. The number of para-hydroxylation sites is 1. The van der Waals surface area contributed by atoms with Gasteiger partial charge in [0.1, 0.15) is 0 Å². The third-order valence-corrected chi connectivity index (χ3v) is 13.5. The predicted molar refractivity (Wildman–Crippen MR) is 196 cm³/mol. The molecule has 1 nitrogen and oxygen atoms in total. The van der Waals surface area contributed by atoms with Gasteiger partial charge in [-0.25, -0.2) is 0 Å². The Morgan fingerprint density at radius 1 is 0.553 bits per heavy atom. The fourth-order valence-electron chi connectivity index (χ4n) is 11.8. The van der Waals surface area contributed by atoms with Crippen molar-refractivity contribution in [2.24, 2.45) is 17.8 Å². The maximum absolute atomic E-state index is 2.56. The Labute approximate surface area is 280 Å². The molecule has 0 radical (unpaired) electrons. The van der Waals surface area contributed by atoms with Gasteiger partial charge in [-0.05, 0) is 131 Å². The standard InChI is InChI=1S/C46H45N/c1-2-32-27-31-13-12-14-33(28-31)46(32)43-20-9-7-18-38(43)40-30-36(22-24-44(40)46)47(34-15-4-3-5-16-34)35-21-23-42-39(29-35)37-17-6-8-19-41(37)45(42)25-10-11-26-45/h3-9,15-24,29-33H,2,10-14,25-28H2,1H3. The van der Waals surface area contributed by atoms with Crippen LogP contribution in [0.2, 0.25) is 0 Å². The maximum Gasteiger partial charge on any atom is 0.0468 e. The molecule has 0 saturated heterocycles. The first-order valence-electron chi connectivity index (χ1n) is 18.6. The van der Waals surface area contributed by atoms with Crippen LogP contribution in [0.3, 0.4) is 0 Å². The van der Waals surface area contributed by atoms with Crippen LogP contribution in [0.1, 0.15) is 93.4 Å². The first-order valence-corrected chi connectivity index (χ1v) is 18.6. The fraction of sp³-hybridized carbons (Fsp3) is 0.348. The van der Waals surface area contributed by atoms with Crippen LogP contribution >= 0.6 is 0 Å². The Morgan fingerprint density at radius 2 is 1.15 bits per heavy atom. The van der Waals surface area contributed by atoms with Crippen molar-refractivity contribution in [3.05, 3.63) is 138 Å². The Kier molecular flexibility index (Phi) is 6.22. The van der Waals surface area contributed by atoms with Gasteiger partial charge < -0.3 is 4.90 Å². The molecule has 2 bridgehead atoms. The molecule has 0 N–H and O–H groups in total. The minimum Gasteiger partial charge on any atom is -0.310 e. The molecule has 0 aliphatic heterocycles. The smallest absolute Gasteiger partial charge is 0.0468 e. The summed E-state index contributed by atoms with van der Waals surface area (Å²) >= 11 is 0. The van der Waals surface area contributed by atoms with E-state index in [1.165, 1.54) is 104 Å². The van der Waals surface area contributed by atoms with Crippen LogP contribution in [-0.2, 0) is 10.8 Å². The van der Waals surface area contributed by atoms with Crippen molar-refractivity contribution in [3.8, 4) is 22.3 Å². The van der Waals surface area contributed by atoms with Gasteiger partial charge in [0, 0.05) is 27.9 Å². The molecular formula is C46H45N. The van der Waals surface area contributed by atoms with Crippen molar-refractivity contribution < 1.29 is 0 Å². The van der Waals surface area contributed by atoms with E-state index in [4.69, 9.17) is 0 Å². The van der Waals surface area contributed by atoms with Crippen LogP contribution in [0.4, 0.5) is 17.1 Å². The molecular weight excluding hydrogens is 567 g/mol. The summed E-state index contributed by atoms with van der Waals surface area (Å²) in [5.41, 5.74) is 16.2. The highest BCUT2D eigenvalue weighted by Crippen LogP contribution is 2.65. The zero-order valence-corrected chi connectivity index (χ0v) is 27.7. The lowest BCUT2D eigenvalue weighted by Crippen LogP contribution is -2.48. The number of anilines is 3. The summed E-state index contributed by atoms with van der Waals surface area (Å²) in [6.07, 6.45) is 13.4.